The zero-order chi connectivity index (χ0) is 11.5. The van der Waals surface area contributed by atoms with E-state index in [1.54, 1.807) is 0 Å². The van der Waals surface area contributed by atoms with Crippen LogP contribution in [0.5, 0.6) is 0 Å². The number of hydrogen-bond donors (Lipinski definition) is 0. The van der Waals surface area contributed by atoms with Gasteiger partial charge in [-0.15, -0.1) is 0 Å². The first-order valence-electron chi connectivity index (χ1n) is 5.98. The molecule has 0 amide bonds. The fourth-order valence-electron chi connectivity index (χ4n) is 2.20. The average Bonchev–Trinajstić information content (AvgIpc) is 2.14. The first kappa shape index (κ1) is 12.9. The van der Waals surface area contributed by atoms with Crippen LogP contribution >= 0.6 is 0 Å². The summed E-state index contributed by atoms with van der Waals surface area (Å²) in [6.07, 6.45) is 2.35. The van der Waals surface area contributed by atoms with Crippen molar-refractivity contribution in [2.75, 3.05) is 19.6 Å². The van der Waals surface area contributed by atoms with Crippen LogP contribution in [-0.4, -0.2) is 30.5 Å². The van der Waals surface area contributed by atoms with E-state index in [1.807, 2.05) is 0 Å². The Hall–Kier alpha value is -0.180. The van der Waals surface area contributed by atoms with E-state index in [1.165, 1.54) is 12.8 Å². The normalized spacial score (nSPS) is 21.2. The number of likely N-dealkylation sites (tertiary alicyclic amines) is 1. The summed E-state index contributed by atoms with van der Waals surface area (Å²) in [5.41, 5.74) is 0. The van der Waals surface area contributed by atoms with Gasteiger partial charge in [0.05, 0.1) is 0 Å². The van der Waals surface area contributed by atoms with E-state index >= 15 is 0 Å². The molecule has 3 heteroatoms. The first-order valence-corrected chi connectivity index (χ1v) is 5.98. The largest absolute Gasteiger partial charge is 0.303 e. The predicted molar refractivity (Wildman–Crippen MR) is 59.2 cm³/mol. The number of rotatable bonds is 4. The van der Waals surface area contributed by atoms with E-state index in [2.05, 4.69) is 18.7 Å². The van der Waals surface area contributed by atoms with Crippen LogP contribution < -0.4 is 0 Å². The molecular formula is C12H23F2N. The van der Waals surface area contributed by atoms with Crippen molar-refractivity contribution >= 4 is 0 Å². The lowest BCUT2D eigenvalue weighted by Crippen LogP contribution is -2.37. The van der Waals surface area contributed by atoms with E-state index in [0.29, 0.717) is 6.54 Å². The van der Waals surface area contributed by atoms with Gasteiger partial charge < -0.3 is 4.90 Å². The van der Waals surface area contributed by atoms with Crippen molar-refractivity contribution in [3.63, 3.8) is 0 Å². The highest BCUT2D eigenvalue weighted by atomic mass is 19.3. The second kappa shape index (κ2) is 5.24. The second-order valence-electron chi connectivity index (χ2n) is 5.24. The summed E-state index contributed by atoms with van der Waals surface area (Å²) in [5.74, 6) is -0.974. The van der Waals surface area contributed by atoms with Gasteiger partial charge in [-0.05, 0) is 44.7 Å². The van der Waals surface area contributed by atoms with Crippen molar-refractivity contribution in [1.29, 1.82) is 0 Å². The van der Waals surface area contributed by atoms with E-state index in [0.717, 1.165) is 31.8 Å². The van der Waals surface area contributed by atoms with Gasteiger partial charge in [-0.25, -0.2) is 8.78 Å². The van der Waals surface area contributed by atoms with Gasteiger partial charge in [0.2, 0.25) is 5.92 Å². The topological polar surface area (TPSA) is 3.24 Å². The fourth-order valence-corrected chi connectivity index (χ4v) is 2.20. The Balaban J connectivity index is 2.20. The number of nitrogens with zero attached hydrogens (tertiary/aromatic N) is 1. The minimum Gasteiger partial charge on any atom is -0.303 e. The Kier molecular flexibility index (Phi) is 4.50. The lowest BCUT2D eigenvalue weighted by atomic mass is 9.87. The summed E-state index contributed by atoms with van der Waals surface area (Å²) in [5, 5.41) is 0. The molecule has 0 aromatic heterocycles. The molecule has 1 aliphatic heterocycles. The molecule has 0 bridgehead atoms. The molecule has 1 saturated heterocycles. The molecule has 1 rings (SSSR count). The molecule has 1 fully saturated rings. The van der Waals surface area contributed by atoms with Crippen LogP contribution in [0.15, 0.2) is 0 Å². The van der Waals surface area contributed by atoms with Crippen molar-refractivity contribution in [2.45, 2.75) is 46.0 Å². The van der Waals surface area contributed by atoms with Gasteiger partial charge in [0.25, 0.3) is 0 Å². The average molecular weight is 219 g/mol. The predicted octanol–water partition coefficient (Wildman–Crippen LogP) is 3.40. The fraction of sp³-hybridized carbons (Fsp3) is 1.00. The van der Waals surface area contributed by atoms with Crippen LogP contribution in [0.25, 0.3) is 0 Å². The molecule has 90 valence electrons. The molecule has 1 aliphatic rings. The summed E-state index contributed by atoms with van der Waals surface area (Å²) in [6, 6.07) is 0. The molecule has 0 aromatic rings. The van der Waals surface area contributed by atoms with E-state index in [9.17, 15) is 8.78 Å². The van der Waals surface area contributed by atoms with Gasteiger partial charge in [0.1, 0.15) is 0 Å². The highest BCUT2D eigenvalue weighted by molar-refractivity contribution is 4.75. The van der Waals surface area contributed by atoms with Crippen LogP contribution in [0.4, 0.5) is 8.78 Å². The minimum atomic E-state index is -2.51. The monoisotopic (exact) mass is 219 g/mol. The summed E-state index contributed by atoms with van der Waals surface area (Å²) in [7, 11) is 0. The van der Waals surface area contributed by atoms with E-state index in [4.69, 9.17) is 0 Å². The quantitative estimate of drug-likeness (QED) is 0.700. The van der Waals surface area contributed by atoms with E-state index < -0.39 is 5.92 Å². The highest BCUT2D eigenvalue weighted by Crippen LogP contribution is 2.25. The molecule has 0 aliphatic carbocycles. The third-order valence-electron chi connectivity index (χ3n) is 3.44. The maximum Gasteiger partial charge on any atom is 0.246 e. The number of hydrogen-bond acceptors (Lipinski definition) is 1. The van der Waals surface area contributed by atoms with Gasteiger partial charge in [0.15, 0.2) is 0 Å². The van der Waals surface area contributed by atoms with Gasteiger partial charge >= 0.3 is 0 Å². The third-order valence-corrected chi connectivity index (χ3v) is 3.44. The summed E-state index contributed by atoms with van der Waals surface area (Å²) >= 11 is 0. The molecule has 15 heavy (non-hydrogen) atoms. The number of alkyl halides is 2. The summed E-state index contributed by atoms with van der Waals surface area (Å²) in [4.78, 5) is 2.18. The van der Waals surface area contributed by atoms with Crippen molar-refractivity contribution in [3.05, 3.63) is 0 Å². The van der Waals surface area contributed by atoms with Crippen molar-refractivity contribution < 1.29 is 8.78 Å². The van der Waals surface area contributed by atoms with Gasteiger partial charge in [-0.2, -0.15) is 0 Å². The van der Waals surface area contributed by atoms with Crippen LogP contribution in [0.1, 0.15) is 40.0 Å². The number of piperidine rings is 1. The lowest BCUT2D eigenvalue weighted by Gasteiger charge is -2.34. The van der Waals surface area contributed by atoms with Crippen LogP contribution in [0.3, 0.4) is 0 Å². The Labute approximate surface area is 91.8 Å². The Bertz CT molecular complexity index is 179. The molecule has 0 N–H and O–H groups in total. The second-order valence-corrected chi connectivity index (χ2v) is 5.24. The van der Waals surface area contributed by atoms with Gasteiger partial charge in [0, 0.05) is 13.0 Å². The maximum atomic E-state index is 12.7. The molecule has 0 spiro atoms. The molecule has 0 atom stereocenters. The first-order chi connectivity index (χ1) is 6.88. The Morgan fingerprint density at radius 2 is 1.80 bits per heavy atom. The van der Waals surface area contributed by atoms with E-state index in [-0.39, 0.29) is 6.42 Å². The SMILES string of the molecule is CC(C)C1CCN(CCC(C)(F)F)CC1. The molecule has 1 nitrogen and oxygen atoms in total. The van der Waals surface area contributed by atoms with Gasteiger partial charge in [-0.3, -0.25) is 0 Å². The summed E-state index contributed by atoms with van der Waals surface area (Å²) in [6.45, 7) is 8.06. The molecule has 1 heterocycles. The zero-order valence-electron chi connectivity index (χ0n) is 10.1. The number of halogens is 2. The van der Waals surface area contributed by atoms with Crippen molar-refractivity contribution in [3.8, 4) is 0 Å². The molecule has 0 aromatic carbocycles. The molecule has 0 saturated carbocycles. The van der Waals surface area contributed by atoms with Crippen molar-refractivity contribution in [1.82, 2.24) is 4.90 Å². The zero-order valence-corrected chi connectivity index (χ0v) is 10.1. The van der Waals surface area contributed by atoms with Crippen molar-refractivity contribution in [2.24, 2.45) is 11.8 Å². The van der Waals surface area contributed by atoms with Crippen LogP contribution in [-0.2, 0) is 0 Å². The van der Waals surface area contributed by atoms with Crippen LogP contribution in [0.2, 0.25) is 0 Å². The molecular weight excluding hydrogens is 196 g/mol. The standard InChI is InChI=1S/C12H23F2N/c1-10(2)11-4-7-15(8-5-11)9-6-12(3,13)14/h10-11H,4-9H2,1-3H3. The molecule has 0 unspecified atom stereocenters. The Morgan fingerprint density at radius 3 is 2.20 bits per heavy atom. The van der Waals surface area contributed by atoms with Crippen LogP contribution in [0, 0.1) is 11.8 Å². The third kappa shape index (κ3) is 4.92. The van der Waals surface area contributed by atoms with Gasteiger partial charge in [-0.1, -0.05) is 13.8 Å². The lowest BCUT2D eigenvalue weighted by molar-refractivity contribution is -0.000505. The maximum absolute atomic E-state index is 12.7. The summed E-state index contributed by atoms with van der Waals surface area (Å²) < 4.78 is 25.3. The molecule has 0 radical (unpaired) electrons. The highest BCUT2D eigenvalue weighted by Gasteiger charge is 2.25. The minimum absolute atomic E-state index is 0.000650. The smallest absolute Gasteiger partial charge is 0.246 e. The Morgan fingerprint density at radius 1 is 1.27 bits per heavy atom.